The summed E-state index contributed by atoms with van der Waals surface area (Å²) in [6.07, 6.45) is -0.0365. The molecular weight excluding hydrogens is 342 g/mol. The molecule has 1 aromatic heterocycles. The average molecular weight is 365 g/mol. The first-order chi connectivity index (χ1) is 11.9. The number of hydrogen-bond donors (Lipinski definition) is 2. The Morgan fingerprint density at radius 1 is 1.28 bits per heavy atom. The van der Waals surface area contributed by atoms with Crippen molar-refractivity contribution in [1.82, 2.24) is 14.6 Å². The van der Waals surface area contributed by atoms with Gasteiger partial charge in [0.15, 0.2) is 0 Å². The monoisotopic (exact) mass is 365 g/mol. The predicted octanol–water partition coefficient (Wildman–Crippen LogP) is 1.14. The van der Waals surface area contributed by atoms with E-state index >= 15 is 0 Å². The summed E-state index contributed by atoms with van der Waals surface area (Å²) in [5.74, 6) is -0.434. The van der Waals surface area contributed by atoms with Crippen molar-refractivity contribution < 1.29 is 17.9 Å². The van der Waals surface area contributed by atoms with Crippen molar-refractivity contribution in [3.8, 4) is 0 Å². The van der Waals surface area contributed by atoms with Crippen molar-refractivity contribution in [3.63, 3.8) is 0 Å². The second kappa shape index (κ2) is 7.55. The van der Waals surface area contributed by atoms with Crippen LogP contribution in [0.2, 0.25) is 0 Å². The zero-order valence-electron chi connectivity index (χ0n) is 14.2. The molecule has 2 aromatic rings. The number of ether oxygens (including phenoxy) is 1. The Hall–Kier alpha value is -1.90. The van der Waals surface area contributed by atoms with Crippen LogP contribution in [0, 0.1) is 6.92 Å². The molecule has 0 spiro atoms. The summed E-state index contributed by atoms with van der Waals surface area (Å²) in [5, 5.41) is 3.89. The van der Waals surface area contributed by atoms with E-state index in [2.05, 4.69) is 16.4 Å². The fraction of sp³-hybridized carbons (Fsp3) is 0.471. The number of aryl methyl sites for hydroxylation is 1. The summed E-state index contributed by atoms with van der Waals surface area (Å²) in [6, 6.07) is 7.99. The molecule has 1 amide bonds. The topological polar surface area (TPSA) is 91.5 Å². The number of aromatic nitrogens is 1. The number of nitrogens with zero attached hydrogens (tertiary/aromatic N) is 1. The Balaban J connectivity index is 1.50. The lowest BCUT2D eigenvalue weighted by Gasteiger charge is -2.25. The molecule has 1 saturated heterocycles. The van der Waals surface area contributed by atoms with Crippen molar-refractivity contribution in [2.24, 2.45) is 0 Å². The largest absolute Gasteiger partial charge is 0.379 e. The minimum absolute atomic E-state index is 0.0365. The van der Waals surface area contributed by atoms with Crippen molar-refractivity contribution in [1.29, 1.82) is 0 Å². The Morgan fingerprint density at radius 2 is 2.04 bits per heavy atom. The van der Waals surface area contributed by atoms with Gasteiger partial charge in [0.2, 0.25) is 15.9 Å². The molecule has 1 fully saturated rings. The number of morpholine rings is 1. The lowest BCUT2D eigenvalue weighted by Crippen LogP contribution is -2.42. The van der Waals surface area contributed by atoms with Crippen molar-refractivity contribution in [3.05, 3.63) is 35.5 Å². The van der Waals surface area contributed by atoms with E-state index in [1.54, 1.807) is 0 Å². The number of rotatable bonds is 6. The second-order valence-corrected chi connectivity index (χ2v) is 8.32. The van der Waals surface area contributed by atoms with E-state index in [-0.39, 0.29) is 18.1 Å². The molecule has 0 atom stereocenters. The molecule has 1 aromatic carbocycles. The van der Waals surface area contributed by atoms with Gasteiger partial charge in [0.05, 0.1) is 19.0 Å². The molecule has 0 unspecified atom stereocenters. The highest BCUT2D eigenvalue weighted by atomic mass is 32.2. The Morgan fingerprint density at radius 3 is 2.80 bits per heavy atom. The highest BCUT2D eigenvalue weighted by Gasteiger charge is 2.24. The van der Waals surface area contributed by atoms with Gasteiger partial charge in [-0.3, -0.25) is 4.79 Å². The van der Waals surface area contributed by atoms with Crippen LogP contribution in [0.25, 0.3) is 10.9 Å². The number of fused-ring (bicyclic) bond motifs is 1. The summed E-state index contributed by atoms with van der Waals surface area (Å²) in [6.45, 7) is 3.92. The summed E-state index contributed by atoms with van der Waals surface area (Å²) < 4.78 is 30.9. The average Bonchev–Trinajstić information content (AvgIpc) is 2.98. The molecular formula is C17H23N3O4S. The minimum Gasteiger partial charge on any atom is -0.379 e. The third kappa shape index (κ3) is 4.59. The summed E-state index contributed by atoms with van der Waals surface area (Å²) in [4.78, 5) is 15.2. The van der Waals surface area contributed by atoms with Gasteiger partial charge >= 0.3 is 0 Å². The van der Waals surface area contributed by atoms with Crippen LogP contribution in [-0.4, -0.2) is 55.7 Å². The van der Waals surface area contributed by atoms with Gasteiger partial charge in [-0.05, 0) is 36.1 Å². The highest BCUT2D eigenvalue weighted by molar-refractivity contribution is 7.89. The fourth-order valence-corrected chi connectivity index (χ4v) is 4.31. The van der Waals surface area contributed by atoms with Gasteiger partial charge < -0.3 is 15.0 Å². The van der Waals surface area contributed by atoms with Crippen molar-refractivity contribution in [2.75, 3.05) is 32.1 Å². The Labute approximate surface area is 147 Å². The molecule has 0 radical (unpaired) electrons. The quantitative estimate of drug-likeness (QED) is 0.803. The summed E-state index contributed by atoms with van der Waals surface area (Å²) >= 11 is 0. The van der Waals surface area contributed by atoms with Crippen LogP contribution in [0.1, 0.15) is 17.7 Å². The number of amides is 1. The van der Waals surface area contributed by atoms with Gasteiger partial charge in [0, 0.05) is 37.3 Å². The smallest absolute Gasteiger partial charge is 0.221 e. The molecule has 7 nitrogen and oxygen atoms in total. The first-order valence-electron chi connectivity index (χ1n) is 8.34. The molecule has 2 N–H and O–H groups in total. The van der Waals surface area contributed by atoms with Crippen LogP contribution in [0.3, 0.4) is 0 Å². The molecule has 1 aliphatic heterocycles. The molecule has 1 aliphatic rings. The first kappa shape index (κ1) is 17.9. The van der Waals surface area contributed by atoms with Crippen molar-refractivity contribution in [2.45, 2.75) is 19.9 Å². The number of sulfonamides is 1. The van der Waals surface area contributed by atoms with Gasteiger partial charge in [-0.25, -0.2) is 8.42 Å². The second-order valence-electron chi connectivity index (χ2n) is 6.23. The van der Waals surface area contributed by atoms with Crippen LogP contribution in [0.5, 0.6) is 0 Å². The van der Waals surface area contributed by atoms with Crippen LogP contribution in [0.4, 0.5) is 0 Å². The van der Waals surface area contributed by atoms with E-state index in [0.29, 0.717) is 32.8 Å². The summed E-state index contributed by atoms with van der Waals surface area (Å²) in [5.41, 5.74) is 3.13. The summed E-state index contributed by atoms with van der Waals surface area (Å²) in [7, 11) is -3.40. The number of carbonyl (C=O) groups excluding carboxylic acids is 1. The minimum atomic E-state index is -3.40. The molecule has 0 aliphatic carbocycles. The number of H-pyrrole nitrogens is 1. The number of nitrogens with one attached hydrogen (secondary N) is 2. The van der Waals surface area contributed by atoms with E-state index < -0.39 is 10.0 Å². The predicted molar refractivity (Wildman–Crippen MR) is 95.7 cm³/mol. The lowest BCUT2D eigenvalue weighted by molar-refractivity contribution is -0.120. The van der Waals surface area contributed by atoms with E-state index in [1.807, 2.05) is 25.1 Å². The van der Waals surface area contributed by atoms with Gasteiger partial charge in [0.1, 0.15) is 0 Å². The fourth-order valence-electron chi connectivity index (χ4n) is 2.90. The van der Waals surface area contributed by atoms with E-state index in [0.717, 1.165) is 22.2 Å². The molecule has 0 saturated carbocycles. The Kier molecular flexibility index (Phi) is 5.41. The van der Waals surface area contributed by atoms with Crippen LogP contribution in [-0.2, 0) is 26.1 Å². The Bertz CT molecular complexity index is 854. The maximum absolute atomic E-state index is 12.2. The third-order valence-corrected chi connectivity index (χ3v) is 6.13. The molecule has 25 heavy (non-hydrogen) atoms. The zero-order valence-corrected chi connectivity index (χ0v) is 15.1. The normalized spacial score (nSPS) is 16.2. The van der Waals surface area contributed by atoms with Crippen LogP contribution >= 0.6 is 0 Å². The van der Waals surface area contributed by atoms with Gasteiger partial charge in [-0.2, -0.15) is 4.31 Å². The molecule has 136 valence electrons. The van der Waals surface area contributed by atoms with Gasteiger partial charge in [0.25, 0.3) is 0 Å². The van der Waals surface area contributed by atoms with E-state index in [9.17, 15) is 13.2 Å². The number of benzene rings is 1. The first-order valence-corrected chi connectivity index (χ1v) is 9.95. The van der Waals surface area contributed by atoms with Crippen LogP contribution in [0.15, 0.2) is 24.3 Å². The SMILES string of the molecule is Cc1cc2cc(CNC(=O)CCS(=O)(=O)N3CCOCC3)ccc2[nH]1. The number of hydrogen-bond acceptors (Lipinski definition) is 4. The maximum atomic E-state index is 12.2. The molecule has 2 heterocycles. The van der Waals surface area contributed by atoms with E-state index in [1.165, 1.54) is 4.31 Å². The molecule has 8 heteroatoms. The number of aromatic amines is 1. The molecule has 0 bridgehead atoms. The third-order valence-electron chi connectivity index (χ3n) is 4.26. The zero-order chi connectivity index (χ0) is 17.9. The highest BCUT2D eigenvalue weighted by Crippen LogP contribution is 2.16. The molecule has 3 rings (SSSR count). The van der Waals surface area contributed by atoms with Crippen LogP contribution < -0.4 is 5.32 Å². The maximum Gasteiger partial charge on any atom is 0.221 e. The van der Waals surface area contributed by atoms with Gasteiger partial charge in [-0.15, -0.1) is 0 Å². The van der Waals surface area contributed by atoms with Crippen molar-refractivity contribution >= 4 is 26.8 Å². The lowest BCUT2D eigenvalue weighted by atomic mass is 10.1. The number of carbonyl (C=O) groups is 1. The standard InChI is InChI=1S/C17H23N3O4S/c1-13-10-15-11-14(2-3-16(15)19-13)12-18-17(21)4-9-25(22,23)20-5-7-24-8-6-20/h2-3,10-11,19H,4-9,12H2,1H3,(H,18,21). The van der Waals surface area contributed by atoms with Gasteiger partial charge in [-0.1, -0.05) is 6.07 Å². The van der Waals surface area contributed by atoms with E-state index in [4.69, 9.17) is 4.74 Å².